The molecule has 1 atom stereocenters. The summed E-state index contributed by atoms with van der Waals surface area (Å²) >= 11 is 0. The molecule has 0 aliphatic carbocycles. The van der Waals surface area contributed by atoms with Gasteiger partial charge in [0, 0.05) is 19.1 Å². The van der Waals surface area contributed by atoms with Gasteiger partial charge in [-0.2, -0.15) is 0 Å². The first-order valence-electron chi connectivity index (χ1n) is 6.20. The summed E-state index contributed by atoms with van der Waals surface area (Å²) in [6.07, 6.45) is 2.40. The van der Waals surface area contributed by atoms with Gasteiger partial charge in [-0.3, -0.25) is 0 Å². The highest BCUT2D eigenvalue weighted by molar-refractivity contribution is 6.74. The molecule has 1 fully saturated rings. The van der Waals surface area contributed by atoms with Crippen molar-refractivity contribution in [1.29, 1.82) is 0 Å². The van der Waals surface area contributed by atoms with Crippen LogP contribution in [0, 0.1) is 5.82 Å². The van der Waals surface area contributed by atoms with Crippen LogP contribution in [-0.4, -0.2) is 26.3 Å². The van der Waals surface area contributed by atoms with Crippen LogP contribution in [0.5, 0.6) is 5.75 Å². The van der Waals surface area contributed by atoms with Crippen molar-refractivity contribution in [2.24, 2.45) is 0 Å². The highest BCUT2D eigenvalue weighted by Gasteiger charge is 2.29. The zero-order valence-corrected chi connectivity index (χ0v) is 10.3. The number of hydrogen-bond donors (Lipinski definition) is 0. The Morgan fingerprint density at radius 3 is 2.74 bits per heavy atom. The molecule has 19 heavy (non-hydrogen) atoms. The first-order valence-corrected chi connectivity index (χ1v) is 6.20. The number of ether oxygens (including phenoxy) is 2. The lowest BCUT2D eigenvalue weighted by atomic mass is 9.79. The zero-order chi connectivity index (χ0) is 13.9. The Labute approximate surface area is 108 Å². The molecule has 0 aromatic heterocycles. The molecule has 1 unspecified atom stereocenters. The molecule has 106 valence electrons. The second-order valence-electron chi connectivity index (χ2n) is 4.53. The molecule has 1 saturated heterocycles. The van der Waals surface area contributed by atoms with Crippen molar-refractivity contribution in [3.63, 3.8) is 0 Å². The monoisotopic (exact) mass is 277 g/mol. The molecule has 2 nitrogen and oxygen atoms in total. The van der Waals surface area contributed by atoms with Crippen molar-refractivity contribution < 1.29 is 26.8 Å². The van der Waals surface area contributed by atoms with E-state index in [2.05, 4.69) is 0 Å². The highest BCUT2D eigenvalue weighted by Crippen LogP contribution is 2.20. The minimum absolute atomic E-state index is 0.0356. The fourth-order valence-electron chi connectivity index (χ4n) is 2.08. The van der Waals surface area contributed by atoms with E-state index < -0.39 is 24.0 Å². The Bertz CT molecular complexity index is 430. The molecule has 1 aromatic carbocycles. The van der Waals surface area contributed by atoms with E-state index in [0.717, 1.165) is 31.0 Å². The molecule has 1 heterocycles. The molecule has 0 spiro atoms. The first-order chi connectivity index (χ1) is 8.97. The topological polar surface area (TPSA) is 18.5 Å². The van der Waals surface area contributed by atoms with Crippen LogP contribution in [0.15, 0.2) is 18.2 Å². The number of hydrogen-bond acceptors (Lipinski definition) is 2. The van der Waals surface area contributed by atoms with Gasteiger partial charge in [0.15, 0.2) is 0 Å². The molecule has 0 radical (unpaired) electrons. The van der Waals surface area contributed by atoms with Gasteiger partial charge in [0.2, 0.25) is 0 Å². The summed E-state index contributed by atoms with van der Waals surface area (Å²) in [7, 11) is 0. The summed E-state index contributed by atoms with van der Waals surface area (Å²) in [5.41, 5.74) is -0.895. The summed E-state index contributed by atoms with van der Waals surface area (Å²) in [4.78, 5) is 0. The standard InChI is InChI=1S/C12H14BF4O2/c14-9-3-4-11(13(15,16)17)12(8-9)19-7-5-10-2-1-6-18-10/h3-4,8,10H,1-2,5-7H2/q-1. The van der Waals surface area contributed by atoms with Crippen molar-refractivity contribution in [1.82, 2.24) is 0 Å². The van der Waals surface area contributed by atoms with Crippen LogP contribution < -0.4 is 10.2 Å². The van der Waals surface area contributed by atoms with Crippen molar-refractivity contribution >= 4 is 12.4 Å². The van der Waals surface area contributed by atoms with Gasteiger partial charge < -0.3 is 22.4 Å². The molecule has 0 N–H and O–H groups in total. The van der Waals surface area contributed by atoms with Gasteiger partial charge in [-0.15, -0.1) is 0 Å². The molecule has 2 rings (SSSR count). The van der Waals surface area contributed by atoms with Gasteiger partial charge in [0.1, 0.15) is 5.82 Å². The summed E-state index contributed by atoms with van der Waals surface area (Å²) < 4.78 is 61.7. The summed E-state index contributed by atoms with van der Waals surface area (Å²) in [6.45, 7) is -4.43. The van der Waals surface area contributed by atoms with Gasteiger partial charge in [-0.25, -0.2) is 4.39 Å². The third-order valence-corrected chi connectivity index (χ3v) is 3.05. The van der Waals surface area contributed by atoms with Crippen LogP contribution in [0.4, 0.5) is 17.3 Å². The van der Waals surface area contributed by atoms with Gasteiger partial charge in [0.05, 0.1) is 18.5 Å². The Balaban J connectivity index is 1.99. The Morgan fingerprint density at radius 1 is 1.32 bits per heavy atom. The van der Waals surface area contributed by atoms with Crippen molar-refractivity contribution in [3.8, 4) is 5.75 Å². The summed E-state index contributed by atoms with van der Waals surface area (Å²) in [5, 5.41) is 0. The summed E-state index contributed by atoms with van der Waals surface area (Å²) in [6, 6.07) is 2.29. The molecule has 7 heteroatoms. The van der Waals surface area contributed by atoms with Gasteiger partial charge in [-0.1, -0.05) is 11.5 Å². The van der Waals surface area contributed by atoms with E-state index in [1.165, 1.54) is 0 Å². The van der Waals surface area contributed by atoms with Gasteiger partial charge >= 0.3 is 6.98 Å². The van der Waals surface area contributed by atoms with E-state index in [0.29, 0.717) is 13.0 Å². The Hall–Kier alpha value is -1.24. The minimum Gasteiger partial charge on any atom is -0.496 e. The zero-order valence-electron chi connectivity index (χ0n) is 10.3. The molecule has 0 saturated carbocycles. The lowest BCUT2D eigenvalue weighted by Crippen LogP contribution is -2.35. The van der Waals surface area contributed by atoms with Crippen molar-refractivity contribution in [2.45, 2.75) is 25.4 Å². The molecule has 1 aromatic rings. The fourth-order valence-corrected chi connectivity index (χ4v) is 2.08. The molecule has 1 aliphatic heterocycles. The van der Waals surface area contributed by atoms with E-state index in [4.69, 9.17) is 9.47 Å². The summed E-state index contributed by atoms with van der Waals surface area (Å²) in [5.74, 6) is -1.18. The highest BCUT2D eigenvalue weighted by atomic mass is 19.4. The lowest BCUT2D eigenvalue weighted by molar-refractivity contribution is 0.0904. The Kier molecular flexibility index (Phi) is 4.34. The van der Waals surface area contributed by atoms with E-state index in [1.807, 2.05) is 0 Å². The number of rotatable bonds is 5. The number of benzene rings is 1. The molecule has 0 amide bonds. The van der Waals surface area contributed by atoms with Crippen molar-refractivity contribution in [3.05, 3.63) is 24.0 Å². The average Bonchev–Trinajstić information content (AvgIpc) is 2.80. The molecule has 1 aliphatic rings. The van der Waals surface area contributed by atoms with E-state index in [-0.39, 0.29) is 12.7 Å². The smallest absolute Gasteiger partial charge is 0.496 e. The largest absolute Gasteiger partial charge is 0.513 e. The average molecular weight is 277 g/mol. The van der Waals surface area contributed by atoms with E-state index >= 15 is 0 Å². The normalized spacial score (nSPS) is 19.7. The molecular weight excluding hydrogens is 263 g/mol. The van der Waals surface area contributed by atoms with Crippen LogP contribution in [0.3, 0.4) is 0 Å². The maximum Gasteiger partial charge on any atom is 0.513 e. The first kappa shape index (κ1) is 14.2. The maximum atomic E-state index is 13.0. The Morgan fingerprint density at radius 2 is 2.11 bits per heavy atom. The fraction of sp³-hybridized carbons (Fsp3) is 0.500. The maximum absolute atomic E-state index is 13.0. The van der Waals surface area contributed by atoms with Crippen LogP contribution in [0.2, 0.25) is 0 Å². The third kappa shape index (κ3) is 3.86. The van der Waals surface area contributed by atoms with Crippen LogP contribution >= 0.6 is 0 Å². The van der Waals surface area contributed by atoms with E-state index in [9.17, 15) is 17.3 Å². The van der Waals surface area contributed by atoms with Crippen LogP contribution in [0.1, 0.15) is 19.3 Å². The van der Waals surface area contributed by atoms with Crippen LogP contribution in [0.25, 0.3) is 0 Å². The third-order valence-electron chi connectivity index (χ3n) is 3.05. The second kappa shape index (κ2) is 5.82. The SMILES string of the molecule is Fc1ccc([B-](F)(F)F)c(OCCC2CCCO2)c1. The number of halogens is 4. The molecular formula is C12H14BF4O2-. The van der Waals surface area contributed by atoms with E-state index in [1.54, 1.807) is 0 Å². The van der Waals surface area contributed by atoms with Gasteiger partial charge in [0.25, 0.3) is 0 Å². The molecule has 0 bridgehead atoms. The second-order valence-corrected chi connectivity index (χ2v) is 4.53. The quantitative estimate of drug-likeness (QED) is 0.608. The minimum atomic E-state index is -5.20. The predicted molar refractivity (Wildman–Crippen MR) is 64.2 cm³/mol. The van der Waals surface area contributed by atoms with Gasteiger partial charge in [-0.05, 0) is 18.9 Å². The lowest BCUT2D eigenvalue weighted by Gasteiger charge is -2.20. The van der Waals surface area contributed by atoms with Crippen LogP contribution in [-0.2, 0) is 4.74 Å². The predicted octanol–water partition coefficient (Wildman–Crippen LogP) is 2.83. The van der Waals surface area contributed by atoms with Crippen molar-refractivity contribution in [2.75, 3.05) is 13.2 Å².